The summed E-state index contributed by atoms with van der Waals surface area (Å²) in [5.41, 5.74) is 0.774. The summed E-state index contributed by atoms with van der Waals surface area (Å²) in [4.78, 5) is 32.1. The Morgan fingerprint density at radius 1 is 1.17 bits per heavy atom. The number of thiazole rings is 1. The second-order valence-corrected chi connectivity index (χ2v) is 12.7. The first-order valence-corrected chi connectivity index (χ1v) is 14.6. The highest BCUT2D eigenvalue weighted by Gasteiger charge is 2.59. The molecule has 5 unspecified atom stereocenters. The summed E-state index contributed by atoms with van der Waals surface area (Å²) in [6.07, 6.45) is 1.26. The van der Waals surface area contributed by atoms with Gasteiger partial charge in [0.05, 0.1) is 25.5 Å². The van der Waals surface area contributed by atoms with E-state index in [1.54, 1.807) is 7.11 Å². The van der Waals surface area contributed by atoms with Gasteiger partial charge < -0.3 is 20.3 Å². The van der Waals surface area contributed by atoms with Crippen LogP contribution in [0.4, 0.5) is 9.52 Å². The third-order valence-electron chi connectivity index (χ3n) is 9.28. The number of hydrogen-bond donors (Lipinski definition) is 4. The number of para-hydroxylation sites is 1. The molecule has 0 aliphatic heterocycles. The van der Waals surface area contributed by atoms with E-state index in [1.807, 2.05) is 31.2 Å². The van der Waals surface area contributed by atoms with Crippen molar-refractivity contribution in [1.29, 1.82) is 0 Å². The number of nitrogens with one attached hydrogen (secondary N) is 2. The minimum Gasteiger partial charge on any atom is -0.496 e. The van der Waals surface area contributed by atoms with Crippen LogP contribution in [-0.2, 0) is 17.8 Å². The van der Waals surface area contributed by atoms with Crippen LogP contribution in [0.15, 0.2) is 48.5 Å². The third-order valence-corrected chi connectivity index (χ3v) is 10.3. The smallest absolute Gasteiger partial charge is 0.257 e. The van der Waals surface area contributed by atoms with Crippen LogP contribution in [0, 0.1) is 22.6 Å². The molecule has 1 aromatic heterocycles. The van der Waals surface area contributed by atoms with E-state index < -0.39 is 28.7 Å². The Morgan fingerprint density at radius 3 is 2.61 bits per heavy atom. The number of aliphatic hydroxyl groups is 2. The molecule has 41 heavy (non-hydrogen) atoms. The lowest BCUT2D eigenvalue weighted by atomic mass is 9.47. The van der Waals surface area contributed by atoms with Gasteiger partial charge in [0.15, 0.2) is 5.13 Å². The predicted octanol–water partition coefficient (Wildman–Crippen LogP) is 4.67. The lowest BCUT2D eigenvalue weighted by molar-refractivity contribution is -0.144. The summed E-state index contributed by atoms with van der Waals surface area (Å²) in [6.45, 7) is 4.19. The number of methoxy groups -OCH3 is 1. The normalized spacial score (nSPS) is 26.9. The second kappa shape index (κ2) is 11.5. The molecule has 0 radical (unpaired) electrons. The number of amides is 2. The predicted molar refractivity (Wildman–Crippen MR) is 154 cm³/mol. The van der Waals surface area contributed by atoms with Gasteiger partial charge in [0.2, 0.25) is 5.91 Å². The molecule has 1 heterocycles. The number of fused-ring (bicyclic) bond motifs is 2. The zero-order valence-corrected chi connectivity index (χ0v) is 24.3. The van der Waals surface area contributed by atoms with Crippen LogP contribution in [0.3, 0.4) is 0 Å². The van der Waals surface area contributed by atoms with Gasteiger partial charge in [0.25, 0.3) is 5.91 Å². The van der Waals surface area contributed by atoms with Crippen molar-refractivity contribution in [1.82, 2.24) is 10.3 Å². The van der Waals surface area contributed by atoms with E-state index in [4.69, 9.17) is 9.72 Å². The van der Waals surface area contributed by atoms with Gasteiger partial charge in [-0.25, -0.2) is 9.37 Å². The molecule has 0 bridgehead atoms. The minimum atomic E-state index is -0.752. The standard InChI is InChI=1S/C31H36FN3O5S/c1-30-13-12-25(37)31(2,17-36)24(30)15-23-27(34-29(41-23)35-28(39)18-8-10-20(32)11-9-18)21(30)14-26(38)33-16-19-6-4-5-7-22(19)40-3/h4-11,21,24-25,36-37H,12-17H2,1-3H3,(H,33,38)(H,34,35,39). The average Bonchev–Trinajstić information content (AvgIpc) is 3.37. The van der Waals surface area contributed by atoms with Gasteiger partial charge in [-0.15, -0.1) is 11.3 Å². The first-order chi connectivity index (χ1) is 19.6. The monoisotopic (exact) mass is 581 g/mol. The number of ether oxygens (including phenoxy) is 1. The average molecular weight is 582 g/mol. The molecule has 10 heteroatoms. The number of anilines is 1. The molecule has 1 fully saturated rings. The van der Waals surface area contributed by atoms with Crippen molar-refractivity contribution in [2.75, 3.05) is 19.0 Å². The maximum atomic E-state index is 13.4. The van der Waals surface area contributed by atoms with Gasteiger partial charge in [-0.3, -0.25) is 14.9 Å². The molecule has 2 aromatic carbocycles. The fourth-order valence-corrected chi connectivity index (χ4v) is 7.83. The van der Waals surface area contributed by atoms with Crippen LogP contribution in [0.5, 0.6) is 5.75 Å². The summed E-state index contributed by atoms with van der Waals surface area (Å²) >= 11 is 1.35. The fraction of sp³-hybridized carbons (Fsp3) is 0.452. The second-order valence-electron chi connectivity index (χ2n) is 11.6. The molecule has 1 saturated carbocycles. The number of aromatic nitrogens is 1. The van der Waals surface area contributed by atoms with E-state index in [1.165, 1.54) is 35.6 Å². The molecule has 8 nitrogen and oxygen atoms in total. The number of benzene rings is 2. The largest absolute Gasteiger partial charge is 0.496 e. The Morgan fingerprint density at radius 2 is 1.90 bits per heavy atom. The zero-order chi connectivity index (χ0) is 29.4. The summed E-state index contributed by atoms with van der Waals surface area (Å²) in [7, 11) is 1.59. The molecule has 5 rings (SSSR count). The van der Waals surface area contributed by atoms with Gasteiger partial charge in [0, 0.05) is 40.3 Å². The molecule has 2 aliphatic rings. The minimum absolute atomic E-state index is 0.107. The third kappa shape index (κ3) is 5.48. The van der Waals surface area contributed by atoms with Crippen LogP contribution < -0.4 is 15.4 Å². The van der Waals surface area contributed by atoms with Crippen LogP contribution in [-0.4, -0.2) is 46.8 Å². The number of halogens is 1. The number of hydrogen-bond acceptors (Lipinski definition) is 7. The SMILES string of the molecule is COc1ccccc1CNC(=O)CC1c2nc(NC(=O)c3ccc(F)cc3)sc2CC2C(C)(CO)C(O)CCC12C. The molecule has 0 saturated heterocycles. The molecule has 2 amide bonds. The lowest BCUT2D eigenvalue weighted by Crippen LogP contribution is -2.57. The molecular weight excluding hydrogens is 545 g/mol. The lowest BCUT2D eigenvalue weighted by Gasteiger charge is -2.58. The van der Waals surface area contributed by atoms with Crippen molar-refractivity contribution in [3.8, 4) is 5.75 Å². The van der Waals surface area contributed by atoms with Gasteiger partial charge in [-0.05, 0) is 60.9 Å². The number of carbonyl (C=O) groups excluding carboxylic acids is 2. The Labute approximate surface area is 243 Å². The summed E-state index contributed by atoms with van der Waals surface area (Å²) in [5.74, 6) is -0.676. The molecular formula is C31H36FN3O5S. The van der Waals surface area contributed by atoms with E-state index in [0.29, 0.717) is 42.3 Å². The van der Waals surface area contributed by atoms with Crippen LogP contribution in [0.1, 0.15) is 65.5 Å². The maximum absolute atomic E-state index is 13.4. The highest BCUT2D eigenvalue weighted by molar-refractivity contribution is 7.15. The Kier molecular flexibility index (Phi) is 8.18. The first-order valence-electron chi connectivity index (χ1n) is 13.8. The van der Waals surface area contributed by atoms with Crippen molar-refractivity contribution in [2.45, 2.75) is 58.1 Å². The van der Waals surface area contributed by atoms with Gasteiger partial charge in [0.1, 0.15) is 11.6 Å². The highest BCUT2D eigenvalue weighted by Crippen LogP contribution is 2.62. The summed E-state index contributed by atoms with van der Waals surface area (Å²) < 4.78 is 18.8. The van der Waals surface area contributed by atoms with Gasteiger partial charge >= 0.3 is 0 Å². The first kappa shape index (κ1) is 29.2. The Hall–Kier alpha value is -3.34. The van der Waals surface area contributed by atoms with Crippen molar-refractivity contribution in [3.05, 3.63) is 76.0 Å². The number of nitrogens with zero attached hydrogens (tertiary/aromatic N) is 1. The van der Waals surface area contributed by atoms with Crippen LogP contribution in [0.2, 0.25) is 0 Å². The number of aliphatic hydroxyl groups excluding tert-OH is 2. The highest BCUT2D eigenvalue weighted by atomic mass is 32.1. The molecule has 0 spiro atoms. The Balaban J connectivity index is 1.44. The summed E-state index contributed by atoms with van der Waals surface area (Å²) in [6, 6.07) is 12.8. The van der Waals surface area contributed by atoms with Crippen molar-refractivity contribution in [2.24, 2.45) is 16.7 Å². The van der Waals surface area contributed by atoms with E-state index >= 15 is 0 Å². The molecule has 2 aliphatic carbocycles. The van der Waals surface area contributed by atoms with Gasteiger partial charge in [-0.1, -0.05) is 32.0 Å². The summed E-state index contributed by atoms with van der Waals surface area (Å²) in [5, 5.41) is 27.7. The number of carbonyl (C=O) groups is 2. The van der Waals surface area contributed by atoms with Crippen molar-refractivity contribution >= 4 is 28.3 Å². The number of rotatable bonds is 8. The molecule has 5 atom stereocenters. The molecule has 218 valence electrons. The quantitative estimate of drug-likeness (QED) is 0.307. The molecule has 4 N–H and O–H groups in total. The van der Waals surface area contributed by atoms with Crippen molar-refractivity contribution in [3.63, 3.8) is 0 Å². The van der Waals surface area contributed by atoms with Gasteiger partial charge in [-0.2, -0.15) is 0 Å². The van der Waals surface area contributed by atoms with E-state index in [2.05, 4.69) is 17.6 Å². The zero-order valence-electron chi connectivity index (χ0n) is 23.4. The van der Waals surface area contributed by atoms with Crippen LogP contribution >= 0.6 is 11.3 Å². The van der Waals surface area contributed by atoms with E-state index in [0.717, 1.165) is 16.1 Å². The maximum Gasteiger partial charge on any atom is 0.257 e. The van der Waals surface area contributed by atoms with E-state index in [9.17, 15) is 24.2 Å². The molecule has 3 aromatic rings. The topological polar surface area (TPSA) is 121 Å². The Bertz CT molecular complexity index is 1430. The fourth-order valence-electron chi connectivity index (χ4n) is 6.77. The van der Waals surface area contributed by atoms with E-state index in [-0.39, 0.29) is 30.8 Å². The van der Waals surface area contributed by atoms with Crippen LogP contribution in [0.25, 0.3) is 0 Å². The van der Waals surface area contributed by atoms with Crippen molar-refractivity contribution < 1.29 is 28.9 Å².